The van der Waals surface area contributed by atoms with Gasteiger partial charge >= 0.3 is 5.63 Å². The molecule has 0 aliphatic carbocycles. The predicted octanol–water partition coefficient (Wildman–Crippen LogP) is 6.51. The summed E-state index contributed by atoms with van der Waals surface area (Å²) in [6, 6.07) is 15.5. The monoisotopic (exact) mass is 403 g/mol. The molecule has 0 atom stereocenters. The van der Waals surface area contributed by atoms with E-state index in [-0.39, 0.29) is 6.10 Å². The molecule has 0 unspecified atom stereocenters. The molecule has 0 amide bonds. The molecule has 0 aliphatic heterocycles. The third kappa shape index (κ3) is 3.83. The maximum Gasteiger partial charge on any atom is 0.347 e. The van der Waals surface area contributed by atoms with Crippen molar-refractivity contribution in [2.75, 3.05) is 5.32 Å². The van der Waals surface area contributed by atoms with Gasteiger partial charge < -0.3 is 18.9 Å². The Morgan fingerprint density at radius 2 is 1.77 bits per heavy atom. The fraction of sp³-hybridized carbons (Fsp3) is 0.240. The van der Waals surface area contributed by atoms with Crippen molar-refractivity contribution in [1.29, 1.82) is 0 Å². The quantitative estimate of drug-likeness (QED) is 0.411. The summed E-state index contributed by atoms with van der Waals surface area (Å²) in [5.74, 6) is 1.73. The average molecular weight is 403 g/mol. The second-order valence-electron chi connectivity index (χ2n) is 7.83. The maximum atomic E-state index is 12.7. The number of furan rings is 1. The van der Waals surface area contributed by atoms with Gasteiger partial charge in [-0.3, -0.25) is 0 Å². The molecule has 0 radical (unpaired) electrons. The summed E-state index contributed by atoms with van der Waals surface area (Å²) in [4.78, 5) is 12.7. The van der Waals surface area contributed by atoms with Crippen LogP contribution in [0.2, 0.25) is 0 Å². The van der Waals surface area contributed by atoms with Crippen molar-refractivity contribution in [3.8, 4) is 16.9 Å². The molecule has 0 aliphatic rings. The summed E-state index contributed by atoms with van der Waals surface area (Å²) in [6.07, 6.45) is 0.0434. The molecule has 0 fully saturated rings. The first-order valence-corrected chi connectivity index (χ1v) is 10.0. The van der Waals surface area contributed by atoms with E-state index in [0.717, 1.165) is 22.6 Å². The molecule has 4 aromatic rings. The van der Waals surface area contributed by atoms with Crippen LogP contribution in [-0.4, -0.2) is 6.10 Å². The smallest absolute Gasteiger partial charge is 0.347 e. The van der Waals surface area contributed by atoms with E-state index in [4.69, 9.17) is 13.6 Å². The summed E-state index contributed by atoms with van der Waals surface area (Å²) in [6.45, 7) is 9.77. The molecule has 2 heterocycles. The Labute approximate surface area is 175 Å². The van der Waals surface area contributed by atoms with Gasteiger partial charge in [-0.1, -0.05) is 29.8 Å². The zero-order chi connectivity index (χ0) is 21.4. The molecule has 4 rings (SSSR count). The van der Waals surface area contributed by atoms with Crippen LogP contribution in [0.1, 0.15) is 30.7 Å². The molecule has 2 aromatic heterocycles. The number of rotatable bonds is 5. The summed E-state index contributed by atoms with van der Waals surface area (Å²) >= 11 is 0. The fourth-order valence-corrected chi connectivity index (χ4v) is 3.60. The molecule has 5 nitrogen and oxygen atoms in total. The Bertz CT molecular complexity index is 1280. The van der Waals surface area contributed by atoms with E-state index in [2.05, 4.69) is 18.3 Å². The van der Waals surface area contributed by atoms with Crippen molar-refractivity contribution in [2.45, 2.75) is 40.7 Å². The first-order valence-electron chi connectivity index (χ1n) is 10.0. The van der Waals surface area contributed by atoms with Crippen molar-refractivity contribution < 1.29 is 13.6 Å². The molecule has 1 N–H and O–H groups in total. The Morgan fingerprint density at radius 3 is 2.50 bits per heavy atom. The predicted molar refractivity (Wildman–Crippen MR) is 120 cm³/mol. The fourth-order valence-electron chi connectivity index (χ4n) is 3.60. The minimum atomic E-state index is -0.424. The Hall–Kier alpha value is -3.47. The minimum absolute atomic E-state index is 0.0434. The van der Waals surface area contributed by atoms with Crippen LogP contribution in [0.25, 0.3) is 22.1 Å². The van der Waals surface area contributed by atoms with E-state index in [0.29, 0.717) is 28.2 Å². The highest BCUT2D eigenvalue weighted by molar-refractivity contribution is 6.00. The lowest BCUT2D eigenvalue weighted by atomic mass is 10.0. The van der Waals surface area contributed by atoms with Gasteiger partial charge in [0, 0.05) is 11.8 Å². The molecule has 0 spiro atoms. The van der Waals surface area contributed by atoms with Gasteiger partial charge in [-0.25, -0.2) is 4.79 Å². The highest BCUT2D eigenvalue weighted by Gasteiger charge is 2.21. The number of fused-ring (bicyclic) bond motifs is 1. The van der Waals surface area contributed by atoms with E-state index >= 15 is 0 Å². The normalized spacial score (nSPS) is 11.3. The number of anilines is 2. The molecule has 154 valence electrons. The number of ether oxygens (including phenoxy) is 1. The van der Waals surface area contributed by atoms with Crippen molar-refractivity contribution in [3.05, 3.63) is 75.8 Å². The molecule has 5 heteroatoms. The lowest BCUT2D eigenvalue weighted by Gasteiger charge is -2.12. The first-order chi connectivity index (χ1) is 14.3. The van der Waals surface area contributed by atoms with Crippen LogP contribution in [0.4, 0.5) is 11.6 Å². The molecule has 30 heavy (non-hydrogen) atoms. The number of nitrogens with one attached hydrogen (secondary N) is 1. The molecular weight excluding hydrogens is 378 g/mol. The average Bonchev–Trinajstić information content (AvgIpc) is 3.02. The third-order valence-electron chi connectivity index (χ3n) is 4.85. The van der Waals surface area contributed by atoms with Crippen molar-refractivity contribution >= 4 is 22.5 Å². The second kappa shape index (κ2) is 7.75. The highest BCUT2D eigenvalue weighted by Crippen LogP contribution is 2.40. The molecule has 0 bridgehead atoms. The Balaban J connectivity index is 1.92. The van der Waals surface area contributed by atoms with E-state index in [1.54, 1.807) is 13.0 Å². The third-order valence-corrected chi connectivity index (χ3v) is 4.85. The van der Waals surface area contributed by atoms with Crippen molar-refractivity contribution in [2.24, 2.45) is 0 Å². The molecule has 2 aromatic carbocycles. The maximum absolute atomic E-state index is 12.7. The number of hydrogen-bond acceptors (Lipinski definition) is 5. The zero-order valence-electron chi connectivity index (χ0n) is 17.8. The lowest BCUT2D eigenvalue weighted by Crippen LogP contribution is -2.05. The van der Waals surface area contributed by atoms with Crippen LogP contribution in [-0.2, 0) is 0 Å². The van der Waals surface area contributed by atoms with Crippen LogP contribution < -0.4 is 15.7 Å². The van der Waals surface area contributed by atoms with Gasteiger partial charge in [0.2, 0.25) is 5.88 Å². The second-order valence-corrected chi connectivity index (χ2v) is 7.83. The van der Waals surface area contributed by atoms with Crippen LogP contribution in [0.15, 0.2) is 62.2 Å². The molecule has 0 saturated carbocycles. The van der Waals surface area contributed by atoms with Crippen LogP contribution in [0.3, 0.4) is 0 Å². The summed E-state index contributed by atoms with van der Waals surface area (Å²) in [7, 11) is 0. The van der Waals surface area contributed by atoms with Gasteiger partial charge in [0.15, 0.2) is 0 Å². The van der Waals surface area contributed by atoms with Gasteiger partial charge in [-0.2, -0.15) is 0 Å². The van der Waals surface area contributed by atoms with Gasteiger partial charge in [0.1, 0.15) is 22.5 Å². The van der Waals surface area contributed by atoms with E-state index in [1.165, 1.54) is 5.56 Å². The van der Waals surface area contributed by atoms with E-state index < -0.39 is 5.63 Å². The Kier molecular flexibility index (Phi) is 5.12. The summed E-state index contributed by atoms with van der Waals surface area (Å²) in [5, 5.41) is 3.79. The standard InChI is InChI=1S/C25H25NO4/c1-14(2)28-19-8-6-7-18(13-19)22-23-21(12-17(5)29-25(23)27)30-24(22)26-20-10-9-15(3)11-16(20)4/h6-14,26H,1-5H3. The van der Waals surface area contributed by atoms with Crippen molar-refractivity contribution in [1.82, 2.24) is 0 Å². The summed E-state index contributed by atoms with van der Waals surface area (Å²) in [5.41, 5.74) is 4.72. The largest absolute Gasteiger partial charge is 0.491 e. The van der Waals surface area contributed by atoms with Gasteiger partial charge in [0.05, 0.1) is 11.7 Å². The number of aryl methyl sites for hydroxylation is 3. The highest BCUT2D eigenvalue weighted by atomic mass is 16.5. The van der Waals surface area contributed by atoms with Crippen LogP contribution >= 0.6 is 0 Å². The zero-order valence-corrected chi connectivity index (χ0v) is 17.8. The first kappa shape index (κ1) is 19.8. The Morgan fingerprint density at radius 1 is 0.967 bits per heavy atom. The topological polar surface area (TPSA) is 64.6 Å². The van der Waals surface area contributed by atoms with Crippen LogP contribution in [0, 0.1) is 20.8 Å². The number of benzene rings is 2. The van der Waals surface area contributed by atoms with Crippen LogP contribution in [0.5, 0.6) is 5.75 Å². The van der Waals surface area contributed by atoms with Gasteiger partial charge in [-0.05, 0) is 63.9 Å². The van der Waals surface area contributed by atoms with E-state index in [1.807, 2.05) is 57.2 Å². The van der Waals surface area contributed by atoms with Crippen molar-refractivity contribution in [3.63, 3.8) is 0 Å². The minimum Gasteiger partial charge on any atom is -0.491 e. The molecular formula is C25H25NO4. The molecule has 0 saturated heterocycles. The summed E-state index contributed by atoms with van der Waals surface area (Å²) < 4.78 is 17.3. The van der Waals surface area contributed by atoms with Gasteiger partial charge in [-0.15, -0.1) is 0 Å². The lowest BCUT2D eigenvalue weighted by molar-refractivity contribution is 0.242. The SMILES string of the molecule is Cc1ccc(Nc2oc3cc(C)oc(=O)c3c2-c2cccc(OC(C)C)c2)c(C)c1. The van der Waals surface area contributed by atoms with E-state index in [9.17, 15) is 4.79 Å². The van der Waals surface area contributed by atoms with Gasteiger partial charge in [0.25, 0.3) is 0 Å². The number of hydrogen-bond donors (Lipinski definition) is 1.